The molecule has 35 heavy (non-hydrogen) atoms. The first kappa shape index (κ1) is 20.4. The van der Waals surface area contributed by atoms with Crippen molar-refractivity contribution in [3.8, 4) is 0 Å². The van der Waals surface area contributed by atoms with E-state index in [0.29, 0.717) is 30.6 Å². The summed E-state index contributed by atoms with van der Waals surface area (Å²) in [6, 6.07) is 27.6. The highest BCUT2D eigenvalue weighted by atomic mass is 16.5. The van der Waals surface area contributed by atoms with Crippen LogP contribution in [0.25, 0.3) is 0 Å². The first-order valence-electron chi connectivity index (χ1n) is 12.1. The van der Waals surface area contributed by atoms with Crippen molar-refractivity contribution in [1.82, 2.24) is 0 Å². The van der Waals surface area contributed by atoms with Gasteiger partial charge >= 0.3 is 0 Å². The standard InChI is InChI=1S/C30H24N2O3/c33-27-23-14-7-8-15-25(23)31(21-10-3-1-4-11-21)29(27)18-16-26-24(20-29)28(34)30(17-9-19-35-30)32(26)22-12-5-2-6-13-22/h1-8,10-16,20H,9,17-19H2. The van der Waals surface area contributed by atoms with Crippen LogP contribution >= 0.6 is 0 Å². The molecule has 0 saturated carbocycles. The molecule has 2 saturated heterocycles. The number of nitrogens with zero attached hydrogens (tertiary/aromatic N) is 2. The van der Waals surface area contributed by atoms with Gasteiger partial charge in [0, 0.05) is 35.4 Å². The molecule has 3 aromatic carbocycles. The van der Waals surface area contributed by atoms with E-state index >= 15 is 0 Å². The van der Waals surface area contributed by atoms with E-state index in [4.69, 9.17) is 4.74 Å². The predicted molar refractivity (Wildman–Crippen MR) is 135 cm³/mol. The molecule has 2 unspecified atom stereocenters. The van der Waals surface area contributed by atoms with E-state index in [0.717, 1.165) is 29.2 Å². The van der Waals surface area contributed by atoms with E-state index in [-0.39, 0.29) is 11.6 Å². The first-order chi connectivity index (χ1) is 17.2. The summed E-state index contributed by atoms with van der Waals surface area (Å²) >= 11 is 0. The van der Waals surface area contributed by atoms with Gasteiger partial charge in [-0.2, -0.15) is 0 Å². The SMILES string of the molecule is O=C1c2ccccc2N(c2ccccc2)C12C=C1C(=O)C3(CCCO3)N(c3ccccc3)C1=CC2. The van der Waals surface area contributed by atoms with Gasteiger partial charge in [0.1, 0.15) is 5.54 Å². The van der Waals surface area contributed by atoms with Gasteiger partial charge in [0.2, 0.25) is 11.5 Å². The number of allylic oxidation sites excluding steroid dienone is 1. The van der Waals surface area contributed by atoms with Crippen molar-refractivity contribution in [2.24, 2.45) is 0 Å². The minimum absolute atomic E-state index is 0.0205. The Balaban J connectivity index is 1.43. The molecule has 4 aliphatic rings. The molecule has 5 heteroatoms. The van der Waals surface area contributed by atoms with Crippen LogP contribution in [0.2, 0.25) is 0 Å². The Labute approximate surface area is 203 Å². The van der Waals surface area contributed by atoms with Gasteiger partial charge in [-0.15, -0.1) is 0 Å². The Hall–Kier alpha value is -3.96. The minimum atomic E-state index is -1.05. The maximum Gasteiger partial charge on any atom is 0.217 e. The van der Waals surface area contributed by atoms with E-state index in [1.807, 2.05) is 91.0 Å². The lowest BCUT2D eigenvalue weighted by Crippen LogP contribution is -2.47. The Morgan fingerprint density at radius 2 is 1.40 bits per heavy atom. The van der Waals surface area contributed by atoms with Gasteiger partial charge in [0.15, 0.2) is 5.78 Å². The highest BCUT2D eigenvalue weighted by molar-refractivity contribution is 6.20. The number of benzene rings is 3. The molecule has 5 nitrogen and oxygen atoms in total. The molecule has 0 radical (unpaired) electrons. The topological polar surface area (TPSA) is 49.9 Å². The van der Waals surface area contributed by atoms with Gasteiger partial charge in [-0.05, 0) is 48.9 Å². The molecule has 0 amide bonds. The molecule has 0 aromatic heterocycles. The molecule has 0 N–H and O–H groups in total. The third kappa shape index (κ3) is 2.61. The third-order valence-electron chi connectivity index (χ3n) is 7.68. The Morgan fingerprint density at radius 3 is 2.09 bits per heavy atom. The molecular weight excluding hydrogens is 436 g/mol. The molecule has 1 aliphatic carbocycles. The fourth-order valence-corrected chi connectivity index (χ4v) is 6.21. The summed E-state index contributed by atoms with van der Waals surface area (Å²) in [5.41, 5.74) is 2.78. The number of hydrogen-bond donors (Lipinski definition) is 0. The minimum Gasteiger partial charge on any atom is -0.348 e. The average molecular weight is 461 g/mol. The smallest absolute Gasteiger partial charge is 0.217 e. The molecule has 0 bridgehead atoms. The van der Waals surface area contributed by atoms with E-state index < -0.39 is 11.3 Å². The van der Waals surface area contributed by atoms with Crippen molar-refractivity contribution in [3.63, 3.8) is 0 Å². The predicted octanol–water partition coefficient (Wildman–Crippen LogP) is 5.57. The number of ether oxygens (including phenoxy) is 1. The Morgan fingerprint density at radius 1 is 0.743 bits per heavy atom. The Bertz CT molecular complexity index is 1420. The van der Waals surface area contributed by atoms with Crippen LogP contribution in [0.5, 0.6) is 0 Å². The molecule has 2 fully saturated rings. The molecule has 2 atom stereocenters. The average Bonchev–Trinajstić information content (AvgIpc) is 3.55. The normalized spacial score (nSPS) is 26.9. The highest BCUT2D eigenvalue weighted by Gasteiger charge is 2.60. The number of para-hydroxylation sites is 3. The van der Waals surface area contributed by atoms with Crippen molar-refractivity contribution in [2.45, 2.75) is 30.5 Å². The zero-order valence-corrected chi connectivity index (χ0v) is 19.2. The number of ketones is 2. The fraction of sp³-hybridized carbons (Fsp3) is 0.200. The summed E-state index contributed by atoms with van der Waals surface area (Å²) in [6.07, 6.45) is 5.89. The van der Waals surface area contributed by atoms with Crippen molar-refractivity contribution in [1.29, 1.82) is 0 Å². The number of hydrogen-bond acceptors (Lipinski definition) is 5. The molecule has 3 aliphatic heterocycles. The molecule has 172 valence electrons. The van der Waals surface area contributed by atoms with Crippen molar-refractivity contribution in [2.75, 3.05) is 16.4 Å². The van der Waals surface area contributed by atoms with Gasteiger partial charge in [-0.25, -0.2) is 0 Å². The van der Waals surface area contributed by atoms with Crippen molar-refractivity contribution in [3.05, 3.63) is 114 Å². The fourth-order valence-electron chi connectivity index (χ4n) is 6.21. The number of Topliss-reactive ketones (excluding diaryl/α,β-unsaturated/α-hetero) is 2. The van der Waals surface area contributed by atoms with Crippen LogP contribution < -0.4 is 9.80 Å². The lowest BCUT2D eigenvalue weighted by atomic mass is 9.81. The van der Waals surface area contributed by atoms with Crippen LogP contribution in [-0.2, 0) is 9.53 Å². The number of anilines is 3. The van der Waals surface area contributed by atoms with Gasteiger partial charge in [-0.1, -0.05) is 54.6 Å². The van der Waals surface area contributed by atoms with Crippen molar-refractivity contribution < 1.29 is 14.3 Å². The maximum atomic E-state index is 14.1. The van der Waals surface area contributed by atoms with Crippen LogP contribution in [0.1, 0.15) is 29.6 Å². The third-order valence-corrected chi connectivity index (χ3v) is 7.68. The largest absolute Gasteiger partial charge is 0.348 e. The Kier molecular flexibility index (Phi) is 4.24. The zero-order chi connectivity index (χ0) is 23.6. The van der Waals surface area contributed by atoms with Crippen LogP contribution in [0.4, 0.5) is 17.1 Å². The van der Waals surface area contributed by atoms with Crippen LogP contribution in [0, 0.1) is 0 Å². The van der Waals surface area contributed by atoms with Crippen LogP contribution in [-0.4, -0.2) is 29.4 Å². The van der Waals surface area contributed by atoms with Gasteiger partial charge in [-0.3, -0.25) is 9.59 Å². The quantitative estimate of drug-likeness (QED) is 0.500. The molecule has 3 aromatic rings. The van der Waals surface area contributed by atoms with Gasteiger partial charge in [0.25, 0.3) is 0 Å². The number of carbonyl (C=O) groups excluding carboxylic acids is 2. The van der Waals surface area contributed by atoms with E-state index in [2.05, 4.69) is 15.9 Å². The second kappa shape index (κ2) is 7.27. The summed E-state index contributed by atoms with van der Waals surface area (Å²) < 4.78 is 6.22. The van der Waals surface area contributed by atoms with Crippen molar-refractivity contribution >= 4 is 28.6 Å². The molecular formula is C30H24N2O3. The summed E-state index contributed by atoms with van der Waals surface area (Å²) in [5, 5.41) is 0. The summed E-state index contributed by atoms with van der Waals surface area (Å²) in [7, 11) is 0. The lowest BCUT2D eigenvalue weighted by molar-refractivity contribution is -0.131. The summed E-state index contributed by atoms with van der Waals surface area (Å²) in [6.45, 7) is 0.543. The van der Waals surface area contributed by atoms with E-state index in [9.17, 15) is 9.59 Å². The second-order valence-corrected chi connectivity index (χ2v) is 9.53. The number of carbonyl (C=O) groups is 2. The monoisotopic (exact) mass is 460 g/mol. The highest BCUT2D eigenvalue weighted by Crippen LogP contribution is 2.54. The molecule has 7 rings (SSSR count). The maximum absolute atomic E-state index is 14.1. The zero-order valence-electron chi connectivity index (χ0n) is 19.2. The van der Waals surface area contributed by atoms with E-state index in [1.54, 1.807) is 0 Å². The molecule has 2 spiro atoms. The second-order valence-electron chi connectivity index (χ2n) is 9.53. The summed E-state index contributed by atoms with van der Waals surface area (Å²) in [4.78, 5) is 32.3. The van der Waals surface area contributed by atoms with Gasteiger partial charge in [0.05, 0.1) is 18.0 Å². The van der Waals surface area contributed by atoms with Gasteiger partial charge < -0.3 is 14.5 Å². The summed E-state index contributed by atoms with van der Waals surface area (Å²) in [5.74, 6) is -0.0342. The van der Waals surface area contributed by atoms with Crippen LogP contribution in [0.3, 0.4) is 0 Å². The first-order valence-corrected chi connectivity index (χ1v) is 12.1. The number of fused-ring (bicyclic) bond motifs is 2. The lowest BCUT2D eigenvalue weighted by Gasteiger charge is -2.39. The van der Waals surface area contributed by atoms with Crippen LogP contribution in [0.15, 0.2) is 108 Å². The van der Waals surface area contributed by atoms with E-state index in [1.165, 1.54) is 0 Å². The number of rotatable bonds is 2. The molecule has 3 heterocycles.